The van der Waals surface area contributed by atoms with Crippen LogP contribution in [0.25, 0.3) is 10.4 Å². The largest absolute Gasteiger partial charge is 0.465 e. The summed E-state index contributed by atoms with van der Waals surface area (Å²) in [5.74, 6) is -0.138. The number of esters is 1. The molecule has 0 N–H and O–H groups in total. The topological polar surface area (TPSA) is 39.2 Å². The van der Waals surface area contributed by atoms with Gasteiger partial charge >= 0.3 is 5.97 Å². The molecule has 2 aromatic rings. The fourth-order valence-corrected chi connectivity index (χ4v) is 2.50. The summed E-state index contributed by atoms with van der Waals surface area (Å²) >= 11 is 1.63. The third-order valence-electron chi connectivity index (χ3n) is 2.68. The molecule has 3 nitrogen and oxygen atoms in total. The smallest absolute Gasteiger partial charge is 0.339 e. The maximum absolute atomic E-state index is 11.8. The molecule has 0 aliphatic rings. The minimum Gasteiger partial charge on any atom is -0.465 e. The van der Waals surface area contributed by atoms with Crippen molar-refractivity contribution in [1.82, 2.24) is 4.98 Å². The van der Waals surface area contributed by atoms with E-state index in [0.29, 0.717) is 5.56 Å². The minimum absolute atomic E-state index is 0.191. The van der Waals surface area contributed by atoms with Crippen LogP contribution in [-0.2, 0) is 4.74 Å². The third kappa shape index (κ3) is 2.43. The van der Waals surface area contributed by atoms with Gasteiger partial charge in [0.1, 0.15) is 0 Å². The van der Waals surface area contributed by atoms with Crippen LogP contribution in [0.3, 0.4) is 0 Å². The highest BCUT2D eigenvalue weighted by Gasteiger charge is 2.17. The molecule has 94 valence electrons. The van der Waals surface area contributed by atoms with Crippen LogP contribution in [0, 0.1) is 0 Å². The normalized spacial score (nSPS) is 10.7. The standard InChI is InChI=1S/C14H15NO2S/c1-9(2)13-11(14(16)17-3)7-10(8-15-13)12-5-4-6-18-12/h4-9H,1-3H3. The second-order valence-corrected chi connectivity index (χ2v) is 5.23. The molecule has 0 unspecified atom stereocenters. The van der Waals surface area contributed by atoms with Gasteiger partial charge in [0.25, 0.3) is 0 Å². The first-order valence-electron chi connectivity index (χ1n) is 5.75. The van der Waals surface area contributed by atoms with E-state index in [4.69, 9.17) is 4.74 Å². The van der Waals surface area contributed by atoms with Gasteiger partial charge in [-0.2, -0.15) is 0 Å². The van der Waals surface area contributed by atoms with Crippen molar-refractivity contribution in [1.29, 1.82) is 0 Å². The van der Waals surface area contributed by atoms with Crippen molar-refractivity contribution in [3.8, 4) is 10.4 Å². The lowest BCUT2D eigenvalue weighted by Crippen LogP contribution is -2.09. The summed E-state index contributed by atoms with van der Waals surface area (Å²) in [4.78, 5) is 17.3. The van der Waals surface area contributed by atoms with Crippen LogP contribution in [0.1, 0.15) is 35.8 Å². The molecule has 0 aromatic carbocycles. The molecule has 0 radical (unpaired) electrons. The van der Waals surface area contributed by atoms with Crippen molar-refractivity contribution in [2.75, 3.05) is 7.11 Å². The summed E-state index contributed by atoms with van der Waals surface area (Å²) in [6.07, 6.45) is 1.81. The summed E-state index contributed by atoms with van der Waals surface area (Å²) in [7, 11) is 1.39. The van der Waals surface area contributed by atoms with Crippen LogP contribution in [0.15, 0.2) is 29.8 Å². The van der Waals surface area contributed by atoms with Gasteiger partial charge in [-0.05, 0) is 23.4 Å². The Balaban J connectivity index is 2.52. The molecule has 0 amide bonds. The summed E-state index contributed by atoms with van der Waals surface area (Å²) < 4.78 is 4.82. The van der Waals surface area contributed by atoms with Gasteiger partial charge in [-0.3, -0.25) is 4.98 Å². The SMILES string of the molecule is COC(=O)c1cc(-c2cccs2)cnc1C(C)C. The highest BCUT2D eigenvalue weighted by Crippen LogP contribution is 2.27. The van der Waals surface area contributed by atoms with Crippen LogP contribution in [0.2, 0.25) is 0 Å². The van der Waals surface area contributed by atoms with Crippen molar-refractivity contribution in [2.24, 2.45) is 0 Å². The Kier molecular flexibility index (Phi) is 3.77. The lowest BCUT2D eigenvalue weighted by Gasteiger charge is -2.11. The van der Waals surface area contributed by atoms with E-state index >= 15 is 0 Å². The fourth-order valence-electron chi connectivity index (χ4n) is 1.79. The average molecular weight is 261 g/mol. The number of ether oxygens (including phenoxy) is 1. The van der Waals surface area contributed by atoms with Gasteiger partial charge in [0.05, 0.1) is 18.4 Å². The van der Waals surface area contributed by atoms with Gasteiger partial charge in [0.15, 0.2) is 0 Å². The molecular formula is C14H15NO2S. The first-order chi connectivity index (χ1) is 8.63. The quantitative estimate of drug-likeness (QED) is 0.790. The van der Waals surface area contributed by atoms with Crippen molar-refractivity contribution in [2.45, 2.75) is 19.8 Å². The predicted molar refractivity (Wildman–Crippen MR) is 73.0 cm³/mol. The van der Waals surface area contributed by atoms with E-state index < -0.39 is 0 Å². The molecule has 0 aliphatic carbocycles. The maximum atomic E-state index is 11.8. The van der Waals surface area contributed by atoms with Crippen molar-refractivity contribution in [3.63, 3.8) is 0 Å². The fraction of sp³-hybridized carbons (Fsp3) is 0.286. The minimum atomic E-state index is -0.329. The zero-order chi connectivity index (χ0) is 13.1. The van der Waals surface area contributed by atoms with Crippen LogP contribution in [0.5, 0.6) is 0 Å². The number of hydrogen-bond donors (Lipinski definition) is 0. The number of aromatic nitrogens is 1. The Morgan fingerprint density at radius 1 is 1.44 bits per heavy atom. The predicted octanol–water partition coefficient (Wildman–Crippen LogP) is 3.72. The Hall–Kier alpha value is -1.68. The number of carbonyl (C=O) groups excluding carboxylic acids is 1. The van der Waals surface area contributed by atoms with E-state index in [-0.39, 0.29) is 11.9 Å². The number of hydrogen-bond acceptors (Lipinski definition) is 4. The molecular weight excluding hydrogens is 246 g/mol. The van der Waals surface area contributed by atoms with Gasteiger partial charge in [-0.15, -0.1) is 11.3 Å². The van der Waals surface area contributed by atoms with E-state index in [1.807, 2.05) is 43.6 Å². The Morgan fingerprint density at radius 3 is 2.78 bits per heavy atom. The second kappa shape index (κ2) is 5.31. The zero-order valence-electron chi connectivity index (χ0n) is 10.6. The van der Waals surface area contributed by atoms with Gasteiger partial charge in [-0.25, -0.2) is 4.79 Å². The molecule has 2 heterocycles. The third-order valence-corrected chi connectivity index (χ3v) is 3.60. The maximum Gasteiger partial charge on any atom is 0.339 e. The summed E-state index contributed by atoms with van der Waals surface area (Å²) in [5.41, 5.74) is 2.29. The van der Waals surface area contributed by atoms with E-state index in [1.54, 1.807) is 11.3 Å². The molecule has 0 saturated heterocycles. The monoisotopic (exact) mass is 261 g/mol. The molecule has 0 spiro atoms. The van der Waals surface area contributed by atoms with Crippen molar-refractivity contribution in [3.05, 3.63) is 41.0 Å². The summed E-state index contributed by atoms with van der Waals surface area (Å²) in [5, 5.41) is 2.00. The Bertz CT molecular complexity index is 547. The van der Waals surface area contributed by atoms with Crippen LogP contribution in [-0.4, -0.2) is 18.1 Å². The van der Waals surface area contributed by atoms with Crippen LogP contribution >= 0.6 is 11.3 Å². The number of carbonyl (C=O) groups is 1. The van der Waals surface area contributed by atoms with Gasteiger partial charge in [0, 0.05) is 16.6 Å². The molecule has 2 aromatic heterocycles. The molecule has 0 atom stereocenters. The van der Waals surface area contributed by atoms with Crippen LogP contribution < -0.4 is 0 Å². The molecule has 0 fully saturated rings. The van der Waals surface area contributed by atoms with Gasteiger partial charge in [-0.1, -0.05) is 19.9 Å². The van der Waals surface area contributed by atoms with Crippen molar-refractivity contribution >= 4 is 17.3 Å². The lowest BCUT2D eigenvalue weighted by molar-refractivity contribution is 0.0598. The summed E-state index contributed by atoms with van der Waals surface area (Å²) in [6, 6.07) is 5.85. The highest BCUT2D eigenvalue weighted by atomic mass is 32.1. The van der Waals surface area contributed by atoms with Crippen LogP contribution in [0.4, 0.5) is 0 Å². The highest BCUT2D eigenvalue weighted by molar-refractivity contribution is 7.13. The molecule has 0 aliphatic heterocycles. The van der Waals surface area contributed by atoms with E-state index in [1.165, 1.54) is 7.11 Å². The first kappa shape index (κ1) is 12.8. The van der Waals surface area contributed by atoms with E-state index in [0.717, 1.165) is 16.1 Å². The zero-order valence-corrected chi connectivity index (χ0v) is 11.5. The number of nitrogens with zero attached hydrogens (tertiary/aromatic N) is 1. The number of rotatable bonds is 3. The summed E-state index contributed by atoms with van der Waals surface area (Å²) in [6.45, 7) is 4.03. The molecule has 0 saturated carbocycles. The Labute approximate surface area is 110 Å². The molecule has 18 heavy (non-hydrogen) atoms. The van der Waals surface area contributed by atoms with Gasteiger partial charge < -0.3 is 4.74 Å². The molecule has 0 bridgehead atoms. The van der Waals surface area contributed by atoms with Crippen molar-refractivity contribution < 1.29 is 9.53 Å². The number of thiophene rings is 1. The number of pyridine rings is 1. The number of methoxy groups -OCH3 is 1. The molecule has 4 heteroatoms. The first-order valence-corrected chi connectivity index (χ1v) is 6.63. The molecule has 2 rings (SSSR count). The Morgan fingerprint density at radius 2 is 2.22 bits per heavy atom. The van der Waals surface area contributed by atoms with E-state index in [2.05, 4.69) is 4.98 Å². The van der Waals surface area contributed by atoms with E-state index in [9.17, 15) is 4.79 Å². The second-order valence-electron chi connectivity index (χ2n) is 4.28. The lowest BCUT2D eigenvalue weighted by atomic mass is 10.0. The van der Waals surface area contributed by atoms with Gasteiger partial charge in [0.2, 0.25) is 0 Å². The average Bonchev–Trinajstić information content (AvgIpc) is 2.90.